The minimum Gasteiger partial charge on any atom is -0.404 e. The summed E-state index contributed by atoms with van der Waals surface area (Å²) in [5, 5.41) is 22.3. The van der Waals surface area contributed by atoms with Crippen molar-refractivity contribution in [3.63, 3.8) is 0 Å². The van der Waals surface area contributed by atoms with Crippen molar-refractivity contribution in [2.75, 3.05) is 20.3 Å². The summed E-state index contributed by atoms with van der Waals surface area (Å²) in [6.07, 6.45) is 0.552. The van der Waals surface area contributed by atoms with Gasteiger partial charge in [-0.2, -0.15) is 0 Å². The zero-order valence-electron chi connectivity index (χ0n) is 9.59. The van der Waals surface area contributed by atoms with Crippen LogP contribution in [0.1, 0.15) is 12.2 Å². The van der Waals surface area contributed by atoms with Gasteiger partial charge in [-0.3, -0.25) is 10.1 Å². The van der Waals surface area contributed by atoms with Crippen LogP contribution in [0.2, 0.25) is 0 Å². The zero-order chi connectivity index (χ0) is 12.7. The van der Waals surface area contributed by atoms with Gasteiger partial charge in [0.1, 0.15) is 10.7 Å². The predicted molar refractivity (Wildman–Crippen MR) is 59.6 cm³/mol. The number of nitrogens with one attached hydrogen (secondary N) is 1. The van der Waals surface area contributed by atoms with E-state index >= 15 is 0 Å². The van der Waals surface area contributed by atoms with E-state index in [0.717, 1.165) is 0 Å². The van der Waals surface area contributed by atoms with Gasteiger partial charge in [-0.05, 0) is 12.5 Å². The highest BCUT2D eigenvalue weighted by Gasteiger charge is 2.13. The second kappa shape index (κ2) is 7.00. The topological polar surface area (TPSA) is 97.8 Å². The lowest BCUT2D eigenvalue weighted by Crippen LogP contribution is -2.33. The summed E-state index contributed by atoms with van der Waals surface area (Å²) in [5.74, 6) is 0.211. The fraction of sp³-hybridized carbons (Fsp3) is 0.600. The van der Waals surface area contributed by atoms with Crippen molar-refractivity contribution in [2.45, 2.75) is 19.0 Å². The van der Waals surface area contributed by atoms with Gasteiger partial charge in [0.2, 0.25) is 0 Å². The molecule has 1 aromatic heterocycles. The Bertz CT molecular complexity index is 346. The van der Waals surface area contributed by atoms with Crippen LogP contribution in [0, 0.1) is 10.1 Å². The molecule has 0 amide bonds. The quantitative estimate of drug-likeness (QED) is 0.515. The van der Waals surface area contributed by atoms with Gasteiger partial charge in [0, 0.05) is 19.8 Å². The third kappa shape index (κ3) is 4.51. The molecule has 7 nitrogen and oxygen atoms in total. The molecule has 0 spiro atoms. The molecule has 7 heteroatoms. The molecule has 1 aromatic rings. The average molecular weight is 244 g/mol. The van der Waals surface area contributed by atoms with Crippen molar-refractivity contribution in [1.29, 1.82) is 0 Å². The molecule has 0 aromatic carbocycles. The van der Waals surface area contributed by atoms with Gasteiger partial charge in [0.25, 0.3) is 0 Å². The van der Waals surface area contributed by atoms with Crippen LogP contribution < -0.4 is 5.32 Å². The molecule has 0 aliphatic rings. The molecule has 1 heterocycles. The molecule has 0 bridgehead atoms. The third-order valence-corrected chi connectivity index (χ3v) is 2.24. The molecule has 96 valence electrons. The normalized spacial score (nSPS) is 12.6. The Balaban J connectivity index is 2.44. The second-order valence-electron chi connectivity index (χ2n) is 3.54. The summed E-state index contributed by atoms with van der Waals surface area (Å²) in [4.78, 5) is 9.82. The van der Waals surface area contributed by atoms with E-state index in [-0.39, 0.29) is 18.5 Å². The first-order valence-electron chi connectivity index (χ1n) is 5.23. The maximum Gasteiger partial charge on any atom is 0.433 e. The van der Waals surface area contributed by atoms with E-state index in [1.165, 1.54) is 6.07 Å². The molecule has 0 radical (unpaired) electrons. The highest BCUT2D eigenvalue weighted by Crippen LogP contribution is 2.15. The lowest BCUT2D eigenvalue weighted by atomic mass is 10.2. The van der Waals surface area contributed by atoms with Gasteiger partial charge < -0.3 is 19.6 Å². The summed E-state index contributed by atoms with van der Waals surface area (Å²) in [7, 11) is 1.57. The number of rotatable bonds is 8. The average Bonchev–Trinajstić information content (AvgIpc) is 2.75. The number of hydrogen-bond acceptors (Lipinski definition) is 6. The van der Waals surface area contributed by atoms with Crippen molar-refractivity contribution in [3.05, 3.63) is 28.0 Å². The Morgan fingerprint density at radius 2 is 2.41 bits per heavy atom. The lowest BCUT2D eigenvalue weighted by molar-refractivity contribution is -0.402. The van der Waals surface area contributed by atoms with E-state index in [4.69, 9.17) is 14.3 Å². The molecule has 2 N–H and O–H groups in total. The summed E-state index contributed by atoms with van der Waals surface area (Å²) in [6, 6.07) is 2.86. The molecular weight excluding hydrogens is 228 g/mol. The van der Waals surface area contributed by atoms with Gasteiger partial charge in [0.15, 0.2) is 0 Å². The zero-order valence-corrected chi connectivity index (χ0v) is 9.59. The molecule has 1 unspecified atom stereocenters. The van der Waals surface area contributed by atoms with Gasteiger partial charge in [-0.25, -0.2) is 0 Å². The van der Waals surface area contributed by atoms with Crippen molar-refractivity contribution in [3.8, 4) is 0 Å². The number of aliphatic hydroxyl groups excluding tert-OH is 1. The number of nitro groups is 1. The molecule has 0 fully saturated rings. The van der Waals surface area contributed by atoms with Gasteiger partial charge in [-0.1, -0.05) is 0 Å². The van der Waals surface area contributed by atoms with Crippen molar-refractivity contribution in [1.82, 2.24) is 5.32 Å². The first-order valence-corrected chi connectivity index (χ1v) is 5.23. The first kappa shape index (κ1) is 13.6. The Kier molecular flexibility index (Phi) is 5.61. The number of ether oxygens (including phenoxy) is 1. The Hall–Kier alpha value is -1.44. The number of furan rings is 1. The van der Waals surface area contributed by atoms with Crippen LogP contribution in [0.25, 0.3) is 0 Å². The molecule has 0 saturated carbocycles. The first-order chi connectivity index (χ1) is 8.17. The van der Waals surface area contributed by atoms with E-state index in [0.29, 0.717) is 25.3 Å². The van der Waals surface area contributed by atoms with E-state index < -0.39 is 4.92 Å². The van der Waals surface area contributed by atoms with E-state index in [1.54, 1.807) is 13.2 Å². The Morgan fingerprint density at radius 3 is 2.94 bits per heavy atom. The monoisotopic (exact) mass is 244 g/mol. The SMILES string of the molecule is COCC(CCO)NCc1ccc([N+](=O)[O-])o1. The molecule has 0 aliphatic carbocycles. The highest BCUT2D eigenvalue weighted by molar-refractivity contribution is 5.17. The van der Waals surface area contributed by atoms with Crippen LogP contribution in [0.4, 0.5) is 5.88 Å². The minimum absolute atomic E-state index is 0.00541. The van der Waals surface area contributed by atoms with Crippen LogP contribution in [-0.2, 0) is 11.3 Å². The Labute approximate surface area is 98.5 Å². The van der Waals surface area contributed by atoms with E-state index in [1.807, 2.05) is 0 Å². The smallest absolute Gasteiger partial charge is 0.404 e. The fourth-order valence-corrected chi connectivity index (χ4v) is 1.41. The summed E-state index contributed by atoms with van der Waals surface area (Å²) >= 11 is 0. The van der Waals surface area contributed by atoms with Crippen LogP contribution in [0.3, 0.4) is 0 Å². The van der Waals surface area contributed by atoms with Crippen LogP contribution in [-0.4, -0.2) is 36.4 Å². The number of aliphatic hydroxyl groups is 1. The van der Waals surface area contributed by atoms with Gasteiger partial charge in [0.05, 0.1) is 19.2 Å². The minimum atomic E-state index is -0.580. The van der Waals surface area contributed by atoms with Gasteiger partial charge >= 0.3 is 5.88 Å². The van der Waals surface area contributed by atoms with E-state index in [9.17, 15) is 10.1 Å². The van der Waals surface area contributed by atoms with E-state index in [2.05, 4.69) is 5.32 Å². The largest absolute Gasteiger partial charge is 0.433 e. The Morgan fingerprint density at radius 1 is 1.65 bits per heavy atom. The summed E-state index contributed by atoms with van der Waals surface area (Å²) in [5.41, 5.74) is 0. The molecule has 1 rings (SSSR count). The van der Waals surface area contributed by atoms with Gasteiger partial charge in [-0.15, -0.1) is 0 Å². The second-order valence-corrected chi connectivity index (χ2v) is 3.54. The molecule has 17 heavy (non-hydrogen) atoms. The fourth-order valence-electron chi connectivity index (χ4n) is 1.41. The number of methoxy groups -OCH3 is 1. The van der Waals surface area contributed by atoms with Crippen LogP contribution in [0.15, 0.2) is 16.5 Å². The number of nitrogens with zero attached hydrogens (tertiary/aromatic N) is 1. The maximum absolute atomic E-state index is 10.4. The van der Waals surface area contributed by atoms with Crippen LogP contribution in [0.5, 0.6) is 0 Å². The van der Waals surface area contributed by atoms with Crippen molar-refractivity contribution in [2.24, 2.45) is 0 Å². The maximum atomic E-state index is 10.4. The lowest BCUT2D eigenvalue weighted by Gasteiger charge is -2.15. The number of hydrogen-bond donors (Lipinski definition) is 2. The van der Waals surface area contributed by atoms with Crippen LogP contribution >= 0.6 is 0 Å². The summed E-state index contributed by atoms with van der Waals surface area (Å²) < 4.78 is 9.96. The molecule has 0 aliphatic heterocycles. The molecular formula is C10H16N2O5. The molecule has 1 atom stereocenters. The van der Waals surface area contributed by atoms with Crippen molar-refractivity contribution >= 4 is 5.88 Å². The summed E-state index contributed by atoms with van der Waals surface area (Å²) in [6.45, 7) is 0.880. The van der Waals surface area contributed by atoms with Crippen molar-refractivity contribution < 1.29 is 19.2 Å². The predicted octanol–water partition coefficient (Wildman–Crippen LogP) is 0.675. The highest BCUT2D eigenvalue weighted by atomic mass is 16.6. The standard InChI is InChI=1S/C10H16N2O5/c1-16-7-8(4-5-13)11-6-9-2-3-10(17-9)12(14)15/h2-3,8,11,13H,4-7H2,1H3. The molecule has 0 saturated heterocycles. The third-order valence-electron chi connectivity index (χ3n) is 2.24.